The van der Waals surface area contributed by atoms with Crippen molar-refractivity contribution >= 4 is 11.6 Å². The third-order valence-electron chi connectivity index (χ3n) is 3.34. The van der Waals surface area contributed by atoms with E-state index in [0.717, 1.165) is 17.9 Å². The maximum atomic E-state index is 12.0. The first-order chi connectivity index (χ1) is 10.2. The Morgan fingerprint density at radius 1 is 1.33 bits per heavy atom. The smallest absolute Gasteiger partial charge is 0.253 e. The average molecular weight is 294 g/mol. The van der Waals surface area contributed by atoms with Crippen LogP contribution in [0.4, 0.5) is 5.69 Å². The lowest BCUT2D eigenvalue weighted by molar-refractivity contribution is -0.126. The van der Waals surface area contributed by atoms with E-state index in [2.05, 4.69) is 5.32 Å². The summed E-state index contributed by atoms with van der Waals surface area (Å²) in [6.45, 7) is 1.50. The Labute approximate surface area is 124 Å². The molecule has 0 saturated carbocycles. The number of methoxy groups -OCH3 is 1. The molecule has 0 bridgehead atoms. The van der Waals surface area contributed by atoms with Gasteiger partial charge in [-0.15, -0.1) is 0 Å². The number of amides is 1. The summed E-state index contributed by atoms with van der Waals surface area (Å²) in [6, 6.07) is 7.22. The lowest BCUT2D eigenvalue weighted by atomic mass is 10.2. The summed E-state index contributed by atoms with van der Waals surface area (Å²) < 4.78 is 15.9. The molecule has 3 N–H and O–H groups in total. The van der Waals surface area contributed by atoms with Crippen LogP contribution in [0.2, 0.25) is 0 Å². The predicted octanol–water partition coefficient (Wildman–Crippen LogP) is 1.16. The Morgan fingerprint density at radius 2 is 2.10 bits per heavy atom. The summed E-state index contributed by atoms with van der Waals surface area (Å²) in [6.07, 6.45) is 1.14. The van der Waals surface area contributed by atoms with Crippen molar-refractivity contribution < 1.29 is 19.0 Å². The SMILES string of the molecule is COCCOc1ccc(NC(=O)[C@@H]2CC[C@H](CN)O2)cc1. The summed E-state index contributed by atoms with van der Waals surface area (Å²) in [5.41, 5.74) is 6.26. The van der Waals surface area contributed by atoms with Crippen molar-refractivity contribution in [3.05, 3.63) is 24.3 Å². The predicted molar refractivity (Wildman–Crippen MR) is 79.4 cm³/mol. The van der Waals surface area contributed by atoms with Crippen LogP contribution in [0.25, 0.3) is 0 Å². The summed E-state index contributed by atoms with van der Waals surface area (Å²) in [4.78, 5) is 12.0. The fraction of sp³-hybridized carbons (Fsp3) is 0.533. The molecule has 0 aromatic heterocycles. The van der Waals surface area contributed by atoms with Crippen molar-refractivity contribution in [3.63, 3.8) is 0 Å². The van der Waals surface area contributed by atoms with Gasteiger partial charge in [0.15, 0.2) is 0 Å². The molecule has 2 atom stereocenters. The molecule has 2 rings (SSSR count). The number of nitrogens with one attached hydrogen (secondary N) is 1. The van der Waals surface area contributed by atoms with Gasteiger partial charge in [0.1, 0.15) is 18.5 Å². The number of hydrogen-bond acceptors (Lipinski definition) is 5. The summed E-state index contributed by atoms with van der Waals surface area (Å²) in [5, 5.41) is 2.84. The minimum Gasteiger partial charge on any atom is -0.491 e. The van der Waals surface area contributed by atoms with Crippen molar-refractivity contribution in [1.82, 2.24) is 0 Å². The van der Waals surface area contributed by atoms with Crippen LogP contribution in [-0.4, -0.2) is 45.0 Å². The van der Waals surface area contributed by atoms with Crippen LogP contribution in [0.3, 0.4) is 0 Å². The van der Waals surface area contributed by atoms with E-state index in [1.807, 2.05) is 12.1 Å². The number of anilines is 1. The Kier molecular flexibility index (Phi) is 5.98. The van der Waals surface area contributed by atoms with Gasteiger partial charge < -0.3 is 25.3 Å². The number of ether oxygens (including phenoxy) is 3. The first kappa shape index (κ1) is 15.8. The van der Waals surface area contributed by atoms with Crippen molar-refractivity contribution in [2.75, 3.05) is 32.2 Å². The van der Waals surface area contributed by atoms with Gasteiger partial charge in [0, 0.05) is 19.3 Å². The molecular weight excluding hydrogens is 272 g/mol. The molecule has 1 saturated heterocycles. The van der Waals surface area contributed by atoms with Gasteiger partial charge in [0.05, 0.1) is 12.7 Å². The maximum absolute atomic E-state index is 12.0. The van der Waals surface area contributed by atoms with Gasteiger partial charge in [-0.2, -0.15) is 0 Å². The standard InChI is InChI=1S/C15H22N2O4/c1-19-8-9-20-12-4-2-11(3-5-12)17-15(18)14-7-6-13(10-16)21-14/h2-5,13-14H,6-10,16H2,1H3,(H,17,18)/t13-,14+/m1/s1. The van der Waals surface area contributed by atoms with Gasteiger partial charge in [-0.1, -0.05) is 0 Å². The largest absolute Gasteiger partial charge is 0.491 e. The van der Waals surface area contributed by atoms with Gasteiger partial charge in [0.25, 0.3) is 5.91 Å². The van der Waals surface area contributed by atoms with Crippen LogP contribution >= 0.6 is 0 Å². The van der Waals surface area contributed by atoms with Crippen molar-refractivity contribution in [3.8, 4) is 5.75 Å². The van der Waals surface area contributed by atoms with Crippen LogP contribution in [-0.2, 0) is 14.3 Å². The quantitative estimate of drug-likeness (QED) is 0.737. The second kappa shape index (κ2) is 7.97. The summed E-state index contributed by atoms with van der Waals surface area (Å²) in [5.74, 6) is 0.615. The lowest BCUT2D eigenvalue weighted by Crippen LogP contribution is -2.29. The van der Waals surface area contributed by atoms with Gasteiger partial charge in [-0.05, 0) is 37.1 Å². The molecule has 1 amide bonds. The van der Waals surface area contributed by atoms with E-state index in [1.165, 1.54) is 0 Å². The zero-order valence-electron chi connectivity index (χ0n) is 12.2. The molecule has 116 valence electrons. The molecule has 1 aromatic rings. The summed E-state index contributed by atoms with van der Waals surface area (Å²) >= 11 is 0. The Balaban J connectivity index is 1.81. The van der Waals surface area contributed by atoms with Crippen LogP contribution in [0.1, 0.15) is 12.8 Å². The monoisotopic (exact) mass is 294 g/mol. The molecule has 6 nitrogen and oxygen atoms in total. The highest BCUT2D eigenvalue weighted by molar-refractivity contribution is 5.94. The first-order valence-corrected chi connectivity index (χ1v) is 7.11. The summed E-state index contributed by atoms with van der Waals surface area (Å²) in [7, 11) is 1.63. The molecule has 21 heavy (non-hydrogen) atoms. The van der Waals surface area contributed by atoms with E-state index in [0.29, 0.717) is 26.2 Å². The average Bonchev–Trinajstić information content (AvgIpc) is 2.98. The molecule has 1 aliphatic heterocycles. The number of carbonyl (C=O) groups excluding carboxylic acids is 1. The zero-order chi connectivity index (χ0) is 15.1. The number of hydrogen-bond donors (Lipinski definition) is 2. The molecule has 0 radical (unpaired) electrons. The highest BCUT2D eigenvalue weighted by Gasteiger charge is 2.29. The second-order valence-electron chi connectivity index (χ2n) is 4.91. The van der Waals surface area contributed by atoms with Gasteiger partial charge in [0.2, 0.25) is 0 Å². The van der Waals surface area contributed by atoms with Crippen LogP contribution in [0.15, 0.2) is 24.3 Å². The van der Waals surface area contributed by atoms with Gasteiger partial charge in [-0.25, -0.2) is 0 Å². The van der Waals surface area contributed by atoms with Crippen LogP contribution < -0.4 is 15.8 Å². The molecule has 1 fully saturated rings. The minimum atomic E-state index is -0.406. The van der Waals surface area contributed by atoms with Gasteiger partial charge >= 0.3 is 0 Å². The molecule has 0 aliphatic carbocycles. The Bertz CT molecular complexity index is 449. The molecule has 6 heteroatoms. The van der Waals surface area contributed by atoms with E-state index in [9.17, 15) is 4.79 Å². The lowest BCUT2D eigenvalue weighted by Gasteiger charge is -2.13. The van der Waals surface area contributed by atoms with E-state index < -0.39 is 6.10 Å². The van der Waals surface area contributed by atoms with E-state index >= 15 is 0 Å². The Morgan fingerprint density at radius 3 is 2.71 bits per heavy atom. The topological polar surface area (TPSA) is 82.8 Å². The molecular formula is C15H22N2O4. The van der Waals surface area contributed by atoms with Gasteiger partial charge in [-0.3, -0.25) is 4.79 Å². The fourth-order valence-electron chi connectivity index (χ4n) is 2.17. The van der Waals surface area contributed by atoms with Crippen molar-refractivity contribution in [1.29, 1.82) is 0 Å². The zero-order valence-corrected chi connectivity index (χ0v) is 12.2. The van der Waals surface area contributed by atoms with Crippen LogP contribution in [0.5, 0.6) is 5.75 Å². The maximum Gasteiger partial charge on any atom is 0.253 e. The number of carbonyl (C=O) groups is 1. The minimum absolute atomic E-state index is 0.00249. The fourth-order valence-corrected chi connectivity index (χ4v) is 2.17. The number of nitrogens with two attached hydrogens (primary N) is 1. The number of rotatable bonds is 7. The molecule has 0 unspecified atom stereocenters. The van der Waals surface area contributed by atoms with Crippen molar-refractivity contribution in [2.24, 2.45) is 5.73 Å². The molecule has 1 heterocycles. The highest BCUT2D eigenvalue weighted by Crippen LogP contribution is 2.21. The van der Waals surface area contributed by atoms with Crippen LogP contribution in [0, 0.1) is 0 Å². The normalized spacial score (nSPS) is 21.2. The van der Waals surface area contributed by atoms with E-state index in [-0.39, 0.29) is 12.0 Å². The Hall–Kier alpha value is -1.63. The number of benzene rings is 1. The van der Waals surface area contributed by atoms with Crippen molar-refractivity contribution in [2.45, 2.75) is 25.0 Å². The highest BCUT2D eigenvalue weighted by atomic mass is 16.5. The third-order valence-corrected chi connectivity index (χ3v) is 3.34. The third kappa shape index (κ3) is 4.70. The first-order valence-electron chi connectivity index (χ1n) is 7.11. The van der Waals surface area contributed by atoms with E-state index in [1.54, 1.807) is 19.2 Å². The molecule has 1 aromatic carbocycles. The molecule has 1 aliphatic rings. The van der Waals surface area contributed by atoms with E-state index in [4.69, 9.17) is 19.9 Å². The second-order valence-corrected chi connectivity index (χ2v) is 4.91. The molecule has 0 spiro atoms.